The Bertz CT molecular complexity index is 621. The van der Waals surface area contributed by atoms with Gasteiger partial charge in [0.05, 0.1) is 34.0 Å². The van der Waals surface area contributed by atoms with Crippen LogP contribution in [0.4, 0.5) is 0 Å². The minimum absolute atomic E-state index is 0.422. The van der Waals surface area contributed by atoms with Gasteiger partial charge in [-0.15, -0.1) is 0 Å². The zero-order valence-corrected chi connectivity index (χ0v) is 18.3. The van der Waals surface area contributed by atoms with E-state index in [0.717, 1.165) is 55.4 Å². The molecular formula is C19H31BrN4O3. The molecule has 2 rings (SSSR count). The highest BCUT2D eigenvalue weighted by Crippen LogP contribution is 2.33. The highest BCUT2D eigenvalue weighted by molar-refractivity contribution is 9.10. The quantitative estimate of drug-likeness (QED) is 0.475. The van der Waals surface area contributed by atoms with Crippen molar-refractivity contribution in [2.24, 2.45) is 4.99 Å². The second-order valence-corrected chi connectivity index (χ2v) is 7.23. The number of nitrogens with one attached hydrogen (secondary N) is 2. The molecular weight excluding hydrogens is 412 g/mol. The molecule has 0 aliphatic carbocycles. The van der Waals surface area contributed by atoms with Crippen LogP contribution in [-0.2, 0) is 11.3 Å². The lowest BCUT2D eigenvalue weighted by Crippen LogP contribution is -2.49. The minimum Gasteiger partial charge on any atom is -0.493 e. The molecule has 0 bridgehead atoms. The molecule has 1 aliphatic heterocycles. The first-order chi connectivity index (χ1) is 13.1. The summed E-state index contributed by atoms with van der Waals surface area (Å²) in [4.78, 5) is 7.15. The molecule has 152 valence electrons. The summed E-state index contributed by atoms with van der Waals surface area (Å²) in [5.74, 6) is 2.20. The number of nitrogens with zero attached hydrogens (tertiary/aromatic N) is 2. The highest BCUT2D eigenvalue weighted by Gasteiger charge is 2.17. The average Bonchev–Trinajstić information content (AvgIpc) is 2.70. The van der Waals surface area contributed by atoms with E-state index in [4.69, 9.17) is 19.2 Å². The van der Waals surface area contributed by atoms with Crippen molar-refractivity contribution in [3.8, 4) is 11.5 Å². The van der Waals surface area contributed by atoms with Crippen molar-refractivity contribution >= 4 is 21.9 Å². The van der Waals surface area contributed by atoms with Crippen LogP contribution in [0.15, 0.2) is 21.6 Å². The molecule has 0 saturated carbocycles. The second kappa shape index (κ2) is 11.4. The third-order valence-corrected chi connectivity index (χ3v) is 5.28. The molecule has 1 atom stereocenters. The van der Waals surface area contributed by atoms with Gasteiger partial charge >= 0.3 is 0 Å². The smallest absolute Gasteiger partial charge is 0.191 e. The van der Waals surface area contributed by atoms with E-state index >= 15 is 0 Å². The fraction of sp³-hybridized carbons (Fsp3) is 0.632. The predicted molar refractivity (Wildman–Crippen MR) is 112 cm³/mol. The number of morpholine rings is 1. The number of guanidine groups is 1. The van der Waals surface area contributed by atoms with Crippen LogP contribution < -0.4 is 20.1 Å². The first kappa shape index (κ1) is 21.8. The number of hydrogen-bond acceptors (Lipinski definition) is 5. The number of hydrogen-bond donors (Lipinski definition) is 2. The molecule has 0 spiro atoms. The highest BCUT2D eigenvalue weighted by atomic mass is 79.9. The summed E-state index contributed by atoms with van der Waals surface area (Å²) in [6.45, 7) is 10.1. The molecule has 1 fully saturated rings. The summed E-state index contributed by atoms with van der Waals surface area (Å²) in [7, 11) is 3.27. The Morgan fingerprint density at radius 3 is 2.52 bits per heavy atom. The molecule has 7 nitrogen and oxygen atoms in total. The number of benzene rings is 1. The number of ether oxygens (including phenoxy) is 3. The van der Waals surface area contributed by atoms with Gasteiger partial charge in [0.2, 0.25) is 0 Å². The maximum Gasteiger partial charge on any atom is 0.191 e. The lowest BCUT2D eigenvalue weighted by atomic mass is 10.2. The number of methoxy groups -OCH3 is 2. The van der Waals surface area contributed by atoms with Crippen LogP contribution in [0.5, 0.6) is 11.5 Å². The standard InChI is InChI=1S/C19H31BrN4O3/c1-5-21-19(22-12-14(2)24-6-8-27-9-7-24)23-13-15-10-17(25-3)18(26-4)11-16(15)20/h10-11,14H,5-9,12-13H2,1-4H3,(H2,21,22,23). The Balaban J connectivity index is 2.00. The summed E-state index contributed by atoms with van der Waals surface area (Å²) < 4.78 is 17.1. The van der Waals surface area contributed by atoms with Crippen molar-refractivity contribution in [2.45, 2.75) is 26.4 Å². The van der Waals surface area contributed by atoms with Crippen molar-refractivity contribution in [3.05, 3.63) is 22.2 Å². The van der Waals surface area contributed by atoms with E-state index in [1.54, 1.807) is 14.2 Å². The van der Waals surface area contributed by atoms with Crippen molar-refractivity contribution in [1.29, 1.82) is 0 Å². The minimum atomic E-state index is 0.422. The Hall–Kier alpha value is -1.51. The molecule has 1 saturated heterocycles. The lowest BCUT2D eigenvalue weighted by Gasteiger charge is -2.32. The van der Waals surface area contributed by atoms with E-state index in [0.29, 0.717) is 24.1 Å². The zero-order valence-electron chi connectivity index (χ0n) is 16.7. The molecule has 1 aliphatic rings. The van der Waals surface area contributed by atoms with Gasteiger partial charge in [-0.05, 0) is 31.5 Å². The normalized spacial score (nSPS) is 16.7. The van der Waals surface area contributed by atoms with E-state index in [1.165, 1.54) is 0 Å². The number of rotatable bonds is 8. The molecule has 1 heterocycles. The second-order valence-electron chi connectivity index (χ2n) is 6.37. The Morgan fingerprint density at radius 1 is 1.22 bits per heavy atom. The maximum absolute atomic E-state index is 5.43. The van der Waals surface area contributed by atoms with E-state index in [9.17, 15) is 0 Å². The first-order valence-electron chi connectivity index (χ1n) is 9.33. The third kappa shape index (κ3) is 6.55. The average molecular weight is 443 g/mol. The summed E-state index contributed by atoms with van der Waals surface area (Å²) in [5, 5.41) is 6.75. The monoisotopic (exact) mass is 442 g/mol. The summed E-state index contributed by atoms with van der Waals surface area (Å²) in [5.41, 5.74) is 1.03. The topological polar surface area (TPSA) is 67.4 Å². The van der Waals surface area contributed by atoms with Crippen molar-refractivity contribution in [3.63, 3.8) is 0 Å². The van der Waals surface area contributed by atoms with Crippen molar-refractivity contribution in [2.75, 3.05) is 53.6 Å². The van der Waals surface area contributed by atoms with Gasteiger partial charge in [-0.3, -0.25) is 4.90 Å². The van der Waals surface area contributed by atoms with Gasteiger partial charge in [-0.25, -0.2) is 4.99 Å². The van der Waals surface area contributed by atoms with E-state index in [1.807, 2.05) is 12.1 Å². The van der Waals surface area contributed by atoms with Crippen LogP contribution in [0.25, 0.3) is 0 Å². The van der Waals surface area contributed by atoms with E-state index < -0.39 is 0 Å². The van der Waals surface area contributed by atoms with Crippen LogP contribution in [0.1, 0.15) is 19.4 Å². The van der Waals surface area contributed by atoms with Crippen LogP contribution in [0, 0.1) is 0 Å². The van der Waals surface area contributed by atoms with Crippen LogP contribution in [0.3, 0.4) is 0 Å². The van der Waals surface area contributed by atoms with Gasteiger partial charge in [0.25, 0.3) is 0 Å². The zero-order chi connectivity index (χ0) is 19.6. The van der Waals surface area contributed by atoms with Gasteiger partial charge in [-0.2, -0.15) is 0 Å². The fourth-order valence-corrected chi connectivity index (χ4v) is 3.36. The summed E-state index contributed by atoms with van der Waals surface area (Å²) in [6, 6.07) is 4.28. The summed E-state index contributed by atoms with van der Waals surface area (Å²) in [6.07, 6.45) is 0. The van der Waals surface area contributed by atoms with Crippen LogP contribution in [-0.4, -0.2) is 70.5 Å². The van der Waals surface area contributed by atoms with Gasteiger partial charge in [-0.1, -0.05) is 15.9 Å². The molecule has 1 aromatic carbocycles. The Labute approximate surface area is 170 Å². The summed E-state index contributed by atoms with van der Waals surface area (Å²) >= 11 is 3.59. The Kier molecular flexibility index (Phi) is 9.17. The van der Waals surface area contributed by atoms with Gasteiger partial charge in [0.15, 0.2) is 17.5 Å². The molecule has 1 unspecified atom stereocenters. The molecule has 8 heteroatoms. The fourth-order valence-electron chi connectivity index (χ4n) is 2.92. The van der Waals surface area contributed by atoms with Gasteiger partial charge in [0, 0.05) is 36.7 Å². The van der Waals surface area contributed by atoms with Gasteiger partial charge < -0.3 is 24.8 Å². The maximum atomic E-state index is 5.43. The van der Waals surface area contributed by atoms with Gasteiger partial charge in [0.1, 0.15) is 0 Å². The first-order valence-corrected chi connectivity index (χ1v) is 10.1. The SMILES string of the molecule is CCNC(=NCc1cc(OC)c(OC)cc1Br)NCC(C)N1CCOCC1. The molecule has 0 radical (unpaired) electrons. The lowest BCUT2D eigenvalue weighted by molar-refractivity contribution is 0.0211. The third-order valence-electron chi connectivity index (χ3n) is 4.54. The molecule has 27 heavy (non-hydrogen) atoms. The number of halogens is 1. The number of aliphatic imine (C=N–C) groups is 1. The predicted octanol–water partition coefficient (Wildman–Crippen LogP) is 2.24. The van der Waals surface area contributed by atoms with Crippen molar-refractivity contribution < 1.29 is 14.2 Å². The van der Waals surface area contributed by atoms with Crippen LogP contribution in [0.2, 0.25) is 0 Å². The Morgan fingerprint density at radius 2 is 1.89 bits per heavy atom. The van der Waals surface area contributed by atoms with Crippen molar-refractivity contribution in [1.82, 2.24) is 15.5 Å². The van der Waals surface area contributed by atoms with E-state index in [-0.39, 0.29) is 0 Å². The van der Waals surface area contributed by atoms with Crippen LogP contribution >= 0.6 is 15.9 Å². The largest absolute Gasteiger partial charge is 0.493 e. The molecule has 0 aromatic heterocycles. The molecule has 0 amide bonds. The van der Waals surface area contributed by atoms with E-state index in [2.05, 4.69) is 45.3 Å². The molecule has 1 aromatic rings. The molecule has 2 N–H and O–H groups in total.